The maximum atomic E-state index is 15.0. The summed E-state index contributed by atoms with van der Waals surface area (Å²) in [6.07, 6.45) is 1.54. The Morgan fingerprint density at radius 3 is 1.97 bits per heavy atom. The molecule has 2 aliphatic heterocycles. The molecule has 0 N–H and O–H groups in total. The lowest BCUT2D eigenvalue weighted by molar-refractivity contribution is -0.183. The van der Waals surface area contributed by atoms with E-state index in [0.717, 1.165) is 45.8 Å². The standard InChI is InChI=1S/C44H25N9O7S6/c1-3-52-37(54)26(61-39(52)24(16-45)17-46)15-27-49-34-31(62-27)28-30(63-34)32-29(33-35(64-32)50-43(65-33)51-36-38(55)53(4-2)40(66-36)25(18-47)19-48)60-44(28,41(56)58-20-22-11-7-5-8-12-22)42(57)59-21-23-13-9-6-10-14-23/h5-15H,3-4,20-21H2,1-2H3/b26-15-,51-36+. The number of aromatic nitrogens is 3. The molecule has 324 valence electrons. The molecule has 0 unspecified atom stereocenters. The van der Waals surface area contributed by atoms with Gasteiger partial charge in [-0.1, -0.05) is 72.0 Å². The van der Waals surface area contributed by atoms with Crippen molar-refractivity contribution in [1.29, 1.82) is 21.0 Å². The van der Waals surface area contributed by atoms with Crippen molar-refractivity contribution < 1.29 is 28.6 Å². The highest BCUT2D eigenvalue weighted by molar-refractivity contribution is 8.19. The molecule has 16 nitrogen and oxygen atoms in total. The number of ether oxygens (including phenoxy) is 3. The lowest BCUT2D eigenvalue weighted by Gasteiger charge is -2.33. The summed E-state index contributed by atoms with van der Waals surface area (Å²) >= 11 is 6.42. The number of aliphatic imine (C=N–C) groups is 1. The van der Waals surface area contributed by atoms with Crippen LogP contribution in [-0.4, -0.2) is 48.9 Å². The van der Waals surface area contributed by atoms with Gasteiger partial charge in [0.25, 0.3) is 11.5 Å². The number of carbonyl (C=O) groups is 3. The van der Waals surface area contributed by atoms with Crippen LogP contribution >= 0.6 is 68.4 Å². The molecule has 1 fully saturated rings. The topological polar surface area (TPSA) is 237 Å². The number of thiophene rings is 2. The van der Waals surface area contributed by atoms with Gasteiger partial charge in [0.1, 0.15) is 66.6 Å². The van der Waals surface area contributed by atoms with Gasteiger partial charge in [-0.05, 0) is 42.8 Å². The van der Waals surface area contributed by atoms with Gasteiger partial charge in [0.05, 0.1) is 24.6 Å². The predicted octanol–water partition coefficient (Wildman–Crippen LogP) is 6.92. The summed E-state index contributed by atoms with van der Waals surface area (Å²) in [7, 11) is 0. The van der Waals surface area contributed by atoms with E-state index in [0.29, 0.717) is 44.9 Å². The van der Waals surface area contributed by atoms with Gasteiger partial charge in [-0.2, -0.15) is 21.0 Å². The van der Waals surface area contributed by atoms with E-state index in [9.17, 15) is 30.6 Å². The summed E-state index contributed by atoms with van der Waals surface area (Å²) in [5.74, 6) is -2.51. The number of esters is 2. The van der Waals surface area contributed by atoms with Crippen molar-refractivity contribution in [1.82, 2.24) is 19.4 Å². The van der Waals surface area contributed by atoms with Gasteiger partial charge in [0, 0.05) is 13.1 Å². The lowest BCUT2D eigenvalue weighted by Crippen LogP contribution is -2.52. The van der Waals surface area contributed by atoms with Crippen molar-refractivity contribution in [2.75, 3.05) is 6.54 Å². The Balaban J connectivity index is 1.23. The zero-order valence-electron chi connectivity index (χ0n) is 34.0. The minimum atomic E-state index is -2.57. The smallest absolute Gasteiger partial charge is 0.367 e. The third-order valence-corrected chi connectivity index (χ3v) is 16.8. The van der Waals surface area contributed by atoms with Crippen LogP contribution in [0, 0.1) is 45.3 Å². The summed E-state index contributed by atoms with van der Waals surface area (Å²) in [5, 5.41) is 38.9. The second-order valence-corrected chi connectivity index (χ2v) is 19.8. The lowest BCUT2D eigenvalue weighted by atomic mass is 9.91. The Morgan fingerprint density at radius 2 is 1.38 bits per heavy atom. The largest absolute Gasteiger partial charge is 0.457 e. The molecule has 7 aromatic rings. The molecule has 0 radical (unpaired) electrons. The molecule has 2 aliphatic rings. The van der Waals surface area contributed by atoms with Crippen molar-refractivity contribution in [3.05, 3.63) is 113 Å². The predicted molar refractivity (Wildman–Crippen MR) is 251 cm³/mol. The number of thiazole rings is 3. The fourth-order valence-electron chi connectivity index (χ4n) is 6.98. The number of hydrogen-bond acceptors (Lipinski definition) is 20. The Labute approximate surface area is 396 Å². The molecule has 0 bridgehead atoms. The number of allylic oxidation sites excluding steroid dienone is 1. The zero-order valence-corrected chi connectivity index (χ0v) is 38.9. The van der Waals surface area contributed by atoms with Gasteiger partial charge in [-0.3, -0.25) is 19.1 Å². The summed E-state index contributed by atoms with van der Waals surface area (Å²) in [5.41, 5.74) is -2.01. The van der Waals surface area contributed by atoms with Crippen molar-refractivity contribution >= 4 is 127 Å². The van der Waals surface area contributed by atoms with E-state index in [1.165, 1.54) is 32.1 Å². The van der Waals surface area contributed by atoms with Gasteiger partial charge in [-0.15, -0.1) is 45.3 Å². The number of nitriles is 4. The second-order valence-electron chi connectivity index (χ2n) is 13.8. The number of fused-ring (bicyclic) bond motifs is 7. The molecule has 0 spiro atoms. The third kappa shape index (κ3) is 7.45. The van der Waals surface area contributed by atoms with Crippen LogP contribution < -0.4 is 19.5 Å². The van der Waals surface area contributed by atoms with Crippen molar-refractivity contribution in [3.63, 3.8) is 0 Å². The molecule has 5 aromatic heterocycles. The molecule has 0 saturated carbocycles. The Morgan fingerprint density at radius 1 is 0.773 bits per heavy atom. The van der Waals surface area contributed by atoms with E-state index < -0.39 is 29.0 Å². The van der Waals surface area contributed by atoms with Crippen molar-refractivity contribution in [3.8, 4) is 39.8 Å². The molecule has 7 heterocycles. The van der Waals surface area contributed by atoms with Gasteiger partial charge in [0.15, 0.2) is 21.9 Å². The number of rotatable bonds is 10. The number of nitrogens with zero attached hydrogens (tertiary/aromatic N) is 9. The summed E-state index contributed by atoms with van der Waals surface area (Å²) < 4.78 is 21.3. The monoisotopic (exact) mass is 983 g/mol. The Hall–Kier alpha value is -7.28. The van der Waals surface area contributed by atoms with Crippen LogP contribution in [0.2, 0.25) is 0 Å². The third-order valence-electron chi connectivity index (χ3n) is 10.0. The van der Waals surface area contributed by atoms with Gasteiger partial charge in [0.2, 0.25) is 5.13 Å². The van der Waals surface area contributed by atoms with Crippen LogP contribution in [0.25, 0.3) is 40.5 Å². The van der Waals surface area contributed by atoms with Crippen molar-refractivity contribution in [2.24, 2.45) is 4.99 Å². The highest BCUT2D eigenvalue weighted by atomic mass is 32.2. The maximum Gasteiger partial charge on any atom is 0.367 e. The fourth-order valence-corrected chi connectivity index (χ4v) is 14.1. The Kier molecular flexibility index (Phi) is 12.0. The van der Waals surface area contributed by atoms with Crippen LogP contribution in [0.3, 0.4) is 0 Å². The number of carbonyl (C=O) groups excluding carboxylic acids is 3. The first-order chi connectivity index (χ1) is 32.1. The Bertz CT molecular complexity index is 3540. The van der Waals surface area contributed by atoms with E-state index in [1.54, 1.807) is 68.5 Å². The van der Waals surface area contributed by atoms with Gasteiger partial charge in [-0.25, -0.2) is 24.5 Å². The summed E-state index contributed by atoms with van der Waals surface area (Å²) in [4.78, 5) is 74.2. The van der Waals surface area contributed by atoms with Crippen LogP contribution in [0.5, 0.6) is 5.75 Å². The molecule has 1 saturated heterocycles. The fraction of sp³-hybridized carbons (Fsp3) is 0.159. The summed E-state index contributed by atoms with van der Waals surface area (Å²) in [6.45, 7) is 3.40. The first-order valence-electron chi connectivity index (χ1n) is 19.4. The SMILES string of the molecule is CCN1C(=O)/C(=N\c2nc3sc4c(c3s2)OC(C(=O)OCc2ccccc2)(C(=O)OCc2ccccc2)c2c-4sc3nc(/C=c4\sc(=C(C#N)C#N)n(CC)c4=O)sc23)SC1=C(C#N)C#N. The first kappa shape index (κ1) is 43.9. The van der Waals surface area contributed by atoms with Crippen LogP contribution in [-0.2, 0) is 49.2 Å². The molecular weight excluding hydrogens is 959 g/mol. The zero-order chi connectivity index (χ0) is 46.3. The minimum Gasteiger partial charge on any atom is -0.457 e. The van der Waals surface area contributed by atoms with E-state index in [1.807, 2.05) is 36.4 Å². The van der Waals surface area contributed by atoms with Gasteiger partial charge >= 0.3 is 17.5 Å². The second kappa shape index (κ2) is 17.9. The molecule has 1 amide bonds. The maximum absolute atomic E-state index is 15.0. The number of hydrogen-bond donors (Lipinski definition) is 0. The molecule has 66 heavy (non-hydrogen) atoms. The number of thioether (sulfide) groups is 1. The molecule has 9 rings (SSSR count). The van der Waals surface area contributed by atoms with E-state index in [4.69, 9.17) is 24.2 Å². The van der Waals surface area contributed by atoms with E-state index >= 15 is 9.59 Å². The molecule has 22 heteroatoms. The van der Waals surface area contributed by atoms with Crippen LogP contribution in [0.4, 0.5) is 5.13 Å². The minimum absolute atomic E-state index is 0.00471. The van der Waals surface area contributed by atoms with E-state index in [2.05, 4.69) is 4.99 Å². The number of benzene rings is 2. The first-order valence-corrected chi connectivity index (χ1v) is 24.3. The van der Waals surface area contributed by atoms with Gasteiger partial charge < -0.3 is 14.2 Å². The van der Waals surface area contributed by atoms with Crippen LogP contribution in [0.1, 0.15) is 35.5 Å². The van der Waals surface area contributed by atoms with Crippen molar-refractivity contribution in [2.45, 2.75) is 39.2 Å². The van der Waals surface area contributed by atoms with Crippen LogP contribution in [0.15, 0.2) is 81.1 Å². The average Bonchev–Trinajstić information content (AvgIpc) is 4.18. The average molecular weight is 984 g/mol. The molecule has 0 atom stereocenters. The number of amides is 1. The normalized spacial score (nSPS) is 14.5. The quantitative estimate of drug-likeness (QED) is 0.0768. The highest BCUT2D eigenvalue weighted by Crippen LogP contribution is 2.60. The molecular formula is C44H25N9O7S6. The molecule has 0 aliphatic carbocycles. The molecule has 2 aromatic carbocycles. The van der Waals surface area contributed by atoms with E-state index in [-0.39, 0.29) is 73.2 Å². The summed E-state index contributed by atoms with van der Waals surface area (Å²) in [6, 6.07) is 25.2. The highest BCUT2D eigenvalue weighted by Gasteiger charge is 2.60.